The van der Waals surface area contributed by atoms with Crippen molar-refractivity contribution in [1.82, 2.24) is 0 Å². The molecular formula is C20H26O2. The topological polar surface area (TPSA) is 30.2 Å². The van der Waals surface area contributed by atoms with E-state index >= 15 is 0 Å². The van der Waals surface area contributed by atoms with Gasteiger partial charge in [0.15, 0.2) is 5.78 Å². The molecule has 3 rings (SSSR count). The van der Waals surface area contributed by atoms with Crippen LogP contribution in [0.15, 0.2) is 40.7 Å². The molecule has 0 N–H and O–H groups in total. The number of fused-ring (bicyclic) bond motifs is 1. The average Bonchev–Trinajstić information content (AvgIpc) is 2.89. The molecule has 2 heteroatoms. The third-order valence-corrected chi connectivity index (χ3v) is 5.86. The van der Waals surface area contributed by atoms with E-state index < -0.39 is 0 Å². The molecule has 1 fully saturated rings. The van der Waals surface area contributed by atoms with E-state index in [1.165, 1.54) is 12.0 Å². The normalized spacial score (nSPS) is 34.5. The maximum atomic E-state index is 12.7. The van der Waals surface area contributed by atoms with Gasteiger partial charge in [0.2, 0.25) is 0 Å². The summed E-state index contributed by atoms with van der Waals surface area (Å²) < 4.78 is 5.14. The molecule has 1 heterocycles. The molecule has 0 amide bonds. The van der Waals surface area contributed by atoms with Gasteiger partial charge < -0.3 is 4.42 Å². The second-order valence-corrected chi connectivity index (χ2v) is 7.97. The molecule has 1 saturated carbocycles. The largest absolute Gasteiger partial charge is 0.472 e. The average molecular weight is 298 g/mol. The highest BCUT2D eigenvalue weighted by Crippen LogP contribution is 2.58. The van der Waals surface area contributed by atoms with Crippen LogP contribution in [-0.4, -0.2) is 5.78 Å². The number of hydrogen-bond donors (Lipinski definition) is 0. The van der Waals surface area contributed by atoms with Crippen molar-refractivity contribution in [2.45, 2.75) is 47.0 Å². The first-order chi connectivity index (χ1) is 10.3. The maximum Gasteiger partial charge on any atom is 0.159 e. The van der Waals surface area contributed by atoms with Crippen molar-refractivity contribution in [1.29, 1.82) is 0 Å². The van der Waals surface area contributed by atoms with Gasteiger partial charge in [-0.2, -0.15) is 0 Å². The molecule has 1 aromatic rings. The monoisotopic (exact) mass is 298 g/mol. The number of allylic oxidation sites excluding steroid dienone is 3. The smallest absolute Gasteiger partial charge is 0.159 e. The zero-order valence-corrected chi connectivity index (χ0v) is 14.1. The lowest BCUT2D eigenvalue weighted by Crippen LogP contribution is -2.52. The Hall–Kier alpha value is -1.57. The van der Waals surface area contributed by atoms with E-state index in [1.54, 1.807) is 12.5 Å². The third-order valence-electron chi connectivity index (χ3n) is 5.86. The van der Waals surface area contributed by atoms with Gasteiger partial charge in [0.25, 0.3) is 0 Å². The van der Waals surface area contributed by atoms with Crippen molar-refractivity contribution in [3.05, 3.63) is 41.9 Å². The second-order valence-electron chi connectivity index (χ2n) is 7.97. The Kier molecular flexibility index (Phi) is 3.66. The van der Waals surface area contributed by atoms with E-state index in [9.17, 15) is 4.79 Å². The van der Waals surface area contributed by atoms with Crippen molar-refractivity contribution < 1.29 is 9.21 Å². The molecule has 0 radical (unpaired) electrons. The van der Waals surface area contributed by atoms with Crippen LogP contribution in [0.25, 0.3) is 6.08 Å². The third kappa shape index (κ3) is 2.39. The molecule has 0 aliphatic heterocycles. The van der Waals surface area contributed by atoms with Crippen LogP contribution in [-0.2, 0) is 4.79 Å². The molecule has 0 spiro atoms. The van der Waals surface area contributed by atoms with Crippen molar-refractivity contribution in [3.8, 4) is 0 Å². The van der Waals surface area contributed by atoms with Crippen LogP contribution in [0.4, 0.5) is 0 Å². The standard InChI is InChI=1S/C20H26O2/c1-14-12-17(21)18-19(2,3)9-5-10-20(18,4)16(14)7-6-15-8-11-22-13-15/h6-8,11-13,16,18H,5,9-10H2,1-4H3/b7-6+/t16-,18-,20+/m1/s1. The molecule has 118 valence electrons. The Labute approximate surface area is 133 Å². The lowest BCUT2D eigenvalue weighted by Gasteiger charge is -2.55. The molecule has 0 unspecified atom stereocenters. The van der Waals surface area contributed by atoms with E-state index in [0.29, 0.717) is 11.7 Å². The highest BCUT2D eigenvalue weighted by Gasteiger charge is 2.54. The molecule has 3 atom stereocenters. The van der Waals surface area contributed by atoms with Crippen LogP contribution in [0.1, 0.15) is 52.5 Å². The molecule has 2 aliphatic carbocycles. The van der Waals surface area contributed by atoms with Crippen LogP contribution in [0.2, 0.25) is 0 Å². The first-order valence-corrected chi connectivity index (χ1v) is 8.27. The summed E-state index contributed by atoms with van der Waals surface area (Å²) in [6.45, 7) is 8.94. The molecule has 2 nitrogen and oxygen atoms in total. The predicted octanol–water partition coefficient (Wildman–Crippen LogP) is 5.27. The summed E-state index contributed by atoms with van der Waals surface area (Å²) in [5.74, 6) is 0.777. The number of carbonyl (C=O) groups excluding carboxylic acids is 1. The van der Waals surface area contributed by atoms with E-state index in [-0.39, 0.29) is 16.7 Å². The fraction of sp³-hybridized carbons (Fsp3) is 0.550. The second kappa shape index (κ2) is 5.26. The zero-order valence-electron chi connectivity index (χ0n) is 14.1. The zero-order chi connectivity index (χ0) is 16.0. The van der Waals surface area contributed by atoms with Gasteiger partial charge in [-0.05, 0) is 42.7 Å². The van der Waals surface area contributed by atoms with Crippen LogP contribution < -0.4 is 0 Å². The van der Waals surface area contributed by atoms with Gasteiger partial charge in [-0.1, -0.05) is 44.9 Å². The Morgan fingerprint density at radius 2 is 2.05 bits per heavy atom. The predicted molar refractivity (Wildman–Crippen MR) is 89.2 cm³/mol. The summed E-state index contributed by atoms with van der Waals surface area (Å²) in [7, 11) is 0. The van der Waals surface area contributed by atoms with Crippen molar-refractivity contribution in [2.75, 3.05) is 0 Å². The summed E-state index contributed by atoms with van der Waals surface area (Å²) in [5, 5.41) is 0. The highest BCUT2D eigenvalue weighted by atomic mass is 16.3. The van der Waals surface area contributed by atoms with Crippen molar-refractivity contribution >= 4 is 11.9 Å². The van der Waals surface area contributed by atoms with Crippen LogP contribution in [0, 0.1) is 22.7 Å². The fourth-order valence-electron chi connectivity index (χ4n) is 5.02. The van der Waals surface area contributed by atoms with E-state index in [4.69, 9.17) is 4.42 Å². The summed E-state index contributed by atoms with van der Waals surface area (Å²) in [6, 6.07) is 1.97. The summed E-state index contributed by atoms with van der Waals surface area (Å²) in [4.78, 5) is 12.7. The highest BCUT2D eigenvalue weighted by molar-refractivity contribution is 5.95. The molecule has 0 bridgehead atoms. The van der Waals surface area contributed by atoms with Crippen LogP contribution in [0.3, 0.4) is 0 Å². The minimum atomic E-state index is 0.0257. The van der Waals surface area contributed by atoms with Crippen molar-refractivity contribution in [3.63, 3.8) is 0 Å². The van der Waals surface area contributed by atoms with Gasteiger partial charge in [-0.15, -0.1) is 0 Å². The van der Waals surface area contributed by atoms with Gasteiger partial charge >= 0.3 is 0 Å². The SMILES string of the molecule is CC1=CC(=O)[C@@H]2C(C)(C)CCC[C@@]2(C)[C@@H]1/C=C/c1ccoc1. The maximum absolute atomic E-state index is 12.7. The minimum Gasteiger partial charge on any atom is -0.472 e. The first kappa shape index (κ1) is 15.3. The number of rotatable bonds is 2. The first-order valence-electron chi connectivity index (χ1n) is 8.27. The van der Waals surface area contributed by atoms with Gasteiger partial charge in [-0.25, -0.2) is 0 Å². The number of ketones is 1. The van der Waals surface area contributed by atoms with Gasteiger partial charge in [0.1, 0.15) is 0 Å². The summed E-state index contributed by atoms with van der Waals surface area (Å²) in [5.41, 5.74) is 2.39. The van der Waals surface area contributed by atoms with Gasteiger partial charge in [0, 0.05) is 17.4 Å². The molecular weight excluding hydrogens is 272 g/mol. The summed E-state index contributed by atoms with van der Waals surface area (Å²) >= 11 is 0. The molecule has 22 heavy (non-hydrogen) atoms. The fourth-order valence-corrected chi connectivity index (χ4v) is 5.02. The number of furan rings is 1. The van der Waals surface area contributed by atoms with E-state index in [2.05, 4.69) is 39.8 Å². The number of carbonyl (C=O) groups is 1. The molecule has 0 aromatic carbocycles. The minimum absolute atomic E-state index is 0.0257. The quantitative estimate of drug-likeness (QED) is 0.744. The number of hydrogen-bond acceptors (Lipinski definition) is 2. The Balaban J connectivity index is 2.01. The Morgan fingerprint density at radius 1 is 1.27 bits per heavy atom. The van der Waals surface area contributed by atoms with E-state index in [0.717, 1.165) is 18.4 Å². The lowest BCUT2D eigenvalue weighted by atomic mass is 9.48. The van der Waals surface area contributed by atoms with E-state index in [1.807, 2.05) is 12.1 Å². The van der Waals surface area contributed by atoms with Gasteiger partial charge in [-0.3, -0.25) is 4.79 Å². The van der Waals surface area contributed by atoms with Crippen LogP contribution >= 0.6 is 0 Å². The van der Waals surface area contributed by atoms with Crippen molar-refractivity contribution in [2.24, 2.45) is 22.7 Å². The molecule has 1 aromatic heterocycles. The lowest BCUT2D eigenvalue weighted by molar-refractivity contribution is -0.134. The molecule has 0 saturated heterocycles. The van der Waals surface area contributed by atoms with Crippen LogP contribution in [0.5, 0.6) is 0 Å². The van der Waals surface area contributed by atoms with Gasteiger partial charge in [0.05, 0.1) is 12.5 Å². The Bertz CT molecular complexity index is 618. The summed E-state index contributed by atoms with van der Waals surface area (Å²) in [6.07, 6.45) is 13.2. The Morgan fingerprint density at radius 3 is 2.73 bits per heavy atom. The molecule has 2 aliphatic rings.